The Hall–Kier alpha value is -2.17. The zero-order chi connectivity index (χ0) is 26.2. The largest absolute Gasteiger partial charge is 0.460 e. The van der Waals surface area contributed by atoms with E-state index in [1.807, 2.05) is 20.8 Å². The molecule has 0 unspecified atom stereocenters. The second-order valence-corrected chi connectivity index (χ2v) is 12.5. The first-order valence-corrected chi connectivity index (χ1v) is 13.8. The summed E-state index contributed by atoms with van der Waals surface area (Å²) in [5.41, 5.74) is 2.38. The standard InChI is InChI=1S/C32H48N2O2/c1-31(2,3)34-22-20-28(25-34)29(30(35)36-32(4,5)6)19-13-14-21-33(23-26-15-9-7-10-16-26)24-27-17-11-8-12-18-27/h7-12,15-18,28-29H,13-14,19-25H2,1-6H3/t28-,29-/m0/s1. The van der Waals surface area contributed by atoms with Crippen LogP contribution in [0, 0.1) is 11.8 Å². The Kier molecular flexibility index (Phi) is 10.2. The van der Waals surface area contributed by atoms with Gasteiger partial charge in [-0.2, -0.15) is 0 Å². The van der Waals surface area contributed by atoms with Gasteiger partial charge in [0.2, 0.25) is 0 Å². The second-order valence-electron chi connectivity index (χ2n) is 12.5. The van der Waals surface area contributed by atoms with Crippen molar-refractivity contribution < 1.29 is 9.53 Å². The van der Waals surface area contributed by atoms with Gasteiger partial charge in [-0.1, -0.05) is 67.1 Å². The lowest BCUT2D eigenvalue weighted by molar-refractivity contribution is -0.162. The van der Waals surface area contributed by atoms with Gasteiger partial charge in [0, 0.05) is 25.2 Å². The van der Waals surface area contributed by atoms with Crippen LogP contribution in [-0.4, -0.2) is 46.5 Å². The normalized spacial score (nSPS) is 17.9. The summed E-state index contributed by atoms with van der Waals surface area (Å²) in [5, 5.41) is 0. The SMILES string of the molecule is CC(C)(C)OC(=O)[C@@H](CCCCN(Cc1ccccc1)Cc1ccccc1)[C@H]1CCN(C(C)(C)C)C1. The number of unbranched alkanes of at least 4 members (excludes halogenated alkanes) is 1. The molecule has 1 fully saturated rings. The van der Waals surface area contributed by atoms with Crippen LogP contribution in [0.1, 0.15) is 78.4 Å². The highest BCUT2D eigenvalue weighted by molar-refractivity contribution is 5.73. The van der Waals surface area contributed by atoms with Crippen LogP contribution in [0.25, 0.3) is 0 Å². The molecule has 0 radical (unpaired) electrons. The molecule has 2 aromatic carbocycles. The highest BCUT2D eigenvalue weighted by Gasteiger charge is 2.38. The summed E-state index contributed by atoms with van der Waals surface area (Å²) >= 11 is 0. The third-order valence-corrected chi connectivity index (χ3v) is 7.19. The summed E-state index contributed by atoms with van der Waals surface area (Å²) in [4.78, 5) is 18.3. The predicted molar refractivity (Wildman–Crippen MR) is 150 cm³/mol. The first kappa shape index (κ1) is 28.4. The molecule has 1 saturated heterocycles. The Bertz CT molecular complexity index is 873. The van der Waals surface area contributed by atoms with Gasteiger partial charge in [-0.25, -0.2) is 0 Å². The fraction of sp³-hybridized carbons (Fsp3) is 0.594. The molecule has 0 N–H and O–H groups in total. The van der Waals surface area contributed by atoms with Gasteiger partial charge in [-0.05, 0) is 90.9 Å². The van der Waals surface area contributed by atoms with E-state index in [1.54, 1.807) is 0 Å². The van der Waals surface area contributed by atoms with Crippen LogP contribution in [0.2, 0.25) is 0 Å². The van der Waals surface area contributed by atoms with Crippen LogP contribution in [-0.2, 0) is 22.6 Å². The summed E-state index contributed by atoms with van der Waals surface area (Å²) in [5.74, 6) is 0.353. The molecule has 0 saturated carbocycles. The third-order valence-electron chi connectivity index (χ3n) is 7.19. The van der Waals surface area contributed by atoms with Crippen LogP contribution >= 0.6 is 0 Å². The quantitative estimate of drug-likeness (QED) is 0.251. The molecule has 36 heavy (non-hydrogen) atoms. The van der Waals surface area contributed by atoms with Crippen molar-refractivity contribution in [3.8, 4) is 0 Å². The molecule has 0 aliphatic carbocycles. The number of nitrogens with zero attached hydrogens (tertiary/aromatic N) is 2. The van der Waals surface area contributed by atoms with Gasteiger partial charge in [0.25, 0.3) is 0 Å². The molecule has 3 rings (SSSR count). The van der Waals surface area contributed by atoms with Gasteiger partial charge in [0.05, 0.1) is 5.92 Å². The molecule has 0 spiro atoms. The van der Waals surface area contributed by atoms with Gasteiger partial charge in [-0.15, -0.1) is 0 Å². The highest BCUT2D eigenvalue weighted by Crippen LogP contribution is 2.33. The van der Waals surface area contributed by atoms with Crippen LogP contribution in [0.15, 0.2) is 60.7 Å². The van der Waals surface area contributed by atoms with Crippen LogP contribution in [0.3, 0.4) is 0 Å². The van der Waals surface area contributed by atoms with E-state index in [9.17, 15) is 4.79 Å². The van der Waals surface area contributed by atoms with Crippen molar-refractivity contribution in [2.45, 2.75) is 91.5 Å². The summed E-state index contributed by atoms with van der Waals surface area (Å²) in [6, 6.07) is 21.4. The Morgan fingerprint density at radius 1 is 0.917 bits per heavy atom. The zero-order valence-electron chi connectivity index (χ0n) is 23.5. The zero-order valence-corrected chi connectivity index (χ0v) is 23.5. The molecule has 2 atom stereocenters. The Morgan fingerprint density at radius 3 is 1.94 bits per heavy atom. The molecule has 1 aliphatic heterocycles. The van der Waals surface area contributed by atoms with Crippen molar-refractivity contribution in [1.82, 2.24) is 9.80 Å². The first-order chi connectivity index (χ1) is 17.0. The number of ether oxygens (including phenoxy) is 1. The number of hydrogen-bond donors (Lipinski definition) is 0. The number of carbonyl (C=O) groups excluding carboxylic acids is 1. The highest BCUT2D eigenvalue weighted by atomic mass is 16.6. The van der Waals surface area contributed by atoms with E-state index in [-0.39, 0.29) is 17.4 Å². The third kappa shape index (κ3) is 9.37. The first-order valence-electron chi connectivity index (χ1n) is 13.8. The van der Waals surface area contributed by atoms with Crippen molar-refractivity contribution >= 4 is 5.97 Å². The minimum absolute atomic E-state index is 0.00585. The van der Waals surface area contributed by atoms with Crippen LogP contribution in [0.4, 0.5) is 0 Å². The van der Waals surface area contributed by atoms with Crippen molar-refractivity contribution in [3.05, 3.63) is 71.8 Å². The fourth-order valence-electron chi connectivity index (χ4n) is 5.25. The average molecular weight is 493 g/mol. The van der Waals surface area contributed by atoms with Gasteiger partial charge >= 0.3 is 5.97 Å². The lowest BCUT2D eigenvalue weighted by Crippen LogP contribution is -2.40. The number of esters is 1. The molecule has 4 nitrogen and oxygen atoms in total. The summed E-state index contributed by atoms with van der Waals surface area (Å²) < 4.78 is 5.90. The van der Waals surface area contributed by atoms with Crippen molar-refractivity contribution in [3.63, 3.8) is 0 Å². The van der Waals surface area contributed by atoms with E-state index >= 15 is 0 Å². The maximum atomic E-state index is 13.3. The molecule has 198 valence electrons. The van der Waals surface area contributed by atoms with E-state index in [0.717, 1.165) is 58.4 Å². The molecule has 1 heterocycles. The minimum Gasteiger partial charge on any atom is -0.460 e. The van der Waals surface area contributed by atoms with Crippen molar-refractivity contribution in [2.75, 3.05) is 19.6 Å². The minimum atomic E-state index is -0.445. The predicted octanol–water partition coefficient (Wildman–Crippen LogP) is 6.94. The topological polar surface area (TPSA) is 32.8 Å². The Labute approximate surface area is 220 Å². The number of rotatable bonds is 11. The molecule has 2 aromatic rings. The van der Waals surface area contributed by atoms with E-state index < -0.39 is 5.60 Å². The Balaban J connectivity index is 1.61. The van der Waals surface area contributed by atoms with Gasteiger partial charge in [0.15, 0.2) is 0 Å². The summed E-state index contributed by atoms with van der Waals surface area (Å²) in [6.45, 7) is 17.7. The number of benzene rings is 2. The molecule has 0 bridgehead atoms. The van der Waals surface area contributed by atoms with Crippen molar-refractivity contribution in [1.29, 1.82) is 0 Å². The maximum Gasteiger partial charge on any atom is 0.309 e. The molecular formula is C32H48N2O2. The summed E-state index contributed by atoms with van der Waals surface area (Å²) in [6.07, 6.45) is 4.10. The smallest absolute Gasteiger partial charge is 0.309 e. The summed E-state index contributed by atoms with van der Waals surface area (Å²) in [7, 11) is 0. The van der Waals surface area contributed by atoms with Crippen LogP contribution in [0.5, 0.6) is 0 Å². The monoisotopic (exact) mass is 492 g/mol. The van der Waals surface area contributed by atoms with E-state index in [4.69, 9.17) is 4.74 Å². The molecule has 1 aliphatic rings. The van der Waals surface area contributed by atoms with Gasteiger partial charge < -0.3 is 4.74 Å². The van der Waals surface area contributed by atoms with E-state index in [0.29, 0.717) is 5.92 Å². The molecular weight excluding hydrogens is 444 g/mol. The molecule has 4 heteroatoms. The molecule has 0 aromatic heterocycles. The lowest BCUT2D eigenvalue weighted by atomic mass is 9.86. The van der Waals surface area contributed by atoms with Gasteiger partial charge in [0.1, 0.15) is 5.60 Å². The van der Waals surface area contributed by atoms with Crippen LogP contribution < -0.4 is 0 Å². The lowest BCUT2D eigenvalue weighted by Gasteiger charge is -2.33. The van der Waals surface area contributed by atoms with Gasteiger partial charge in [-0.3, -0.25) is 14.6 Å². The maximum absolute atomic E-state index is 13.3. The number of likely N-dealkylation sites (tertiary alicyclic amines) is 1. The number of carbonyl (C=O) groups is 1. The second kappa shape index (κ2) is 12.9. The number of hydrogen-bond acceptors (Lipinski definition) is 4. The average Bonchev–Trinajstić information content (AvgIpc) is 3.29. The van der Waals surface area contributed by atoms with E-state index in [1.165, 1.54) is 11.1 Å². The molecule has 0 amide bonds. The Morgan fingerprint density at radius 2 is 1.47 bits per heavy atom. The van der Waals surface area contributed by atoms with E-state index in [2.05, 4.69) is 91.2 Å². The fourth-order valence-corrected chi connectivity index (χ4v) is 5.25. The van der Waals surface area contributed by atoms with Crippen molar-refractivity contribution in [2.24, 2.45) is 11.8 Å².